The molecule has 0 aliphatic rings. The zero-order valence-corrected chi connectivity index (χ0v) is 12.3. The number of furan rings is 1. The lowest BCUT2D eigenvalue weighted by atomic mass is 10.3. The average molecular weight is 302 g/mol. The molecule has 0 bridgehead atoms. The van der Waals surface area contributed by atoms with E-state index in [0.29, 0.717) is 18.0 Å². The lowest BCUT2D eigenvalue weighted by Crippen LogP contribution is -2.25. The van der Waals surface area contributed by atoms with Crippen molar-refractivity contribution in [1.29, 1.82) is 0 Å². The van der Waals surface area contributed by atoms with E-state index >= 15 is 0 Å². The average Bonchev–Trinajstić information content (AvgIpc) is 3.19. The molecule has 108 valence electrons. The minimum Gasteiger partial charge on any atom is -0.464 e. The van der Waals surface area contributed by atoms with Crippen LogP contribution in [0.5, 0.6) is 0 Å². The van der Waals surface area contributed by atoms with Crippen molar-refractivity contribution in [2.45, 2.75) is 13.3 Å². The molecule has 1 N–H and O–H groups in total. The van der Waals surface area contributed by atoms with Gasteiger partial charge in [0.1, 0.15) is 11.5 Å². The number of nitrogens with zero attached hydrogens (tertiary/aromatic N) is 1. The first-order valence-electron chi connectivity index (χ1n) is 6.56. The minimum atomic E-state index is -0.213. The van der Waals surface area contributed by atoms with E-state index < -0.39 is 0 Å². The highest BCUT2D eigenvalue weighted by Crippen LogP contribution is 2.28. The van der Waals surface area contributed by atoms with E-state index in [1.54, 1.807) is 30.6 Å². The maximum Gasteiger partial charge on any atom is 0.273 e. The molecule has 5 nitrogen and oxygen atoms in total. The molecular weight excluding hydrogens is 288 g/mol. The summed E-state index contributed by atoms with van der Waals surface area (Å²) in [4.78, 5) is 14.1. The Morgan fingerprint density at radius 1 is 1.38 bits per heavy atom. The van der Waals surface area contributed by atoms with Crippen LogP contribution in [0.25, 0.3) is 10.6 Å². The Morgan fingerprint density at radius 3 is 3.00 bits per heavy atom. The summed E-state index contributed by atoms with van der Waals surface area (Å²) in [6.07, 6.45) is 2.43. The van der Waals surface area contributed by atoms with Crippen molar-refractivity contribution in [3.63, 3.8) is 0 Å². The molecule has 0 aliphatic heterocycles. The molecule has 3 heterocycles. The van der Waals surface area contributed by atoms with Crippen LogP contribution in [-0.2, 0) is 6.42 Å². The molecule has 0 saturated carbocycles. The molecule has 0 radical (unpaired) electrons. The van der Waals surface area contributed by atoms with Gasteiger partial charge in [0.2, 0.25) is 0 Å². The van der Waals surface area contributed by atoms with Crippen LogP contribution in [0.15, 0.2) is 45.5 Å². The Hall–Kier alpha value is -2.34. The van der Waals surface area contributed by atoms with Crippen molar-refractivity contribution < 1.29 is 13.7 Å². The van der Waals surface area contributed by atoms with Gasteiger partial charge in [-0.25, -0.2) is 0 Å². The summed E-state index contributed by atoms with van der Waals surface area (Å²) in [5, 5.41) is 6.51. The highest BCUT2D eigenvalue weighted by Gasteiger charge is 2.10. The van der Waals surface area contributed by atoms with E-state index in [1.165, 1.54) is 4.88 Å². The first kappa shape index (κ1) is 13.6. The van der Waals surface area contributed by atoms with Gasteiger partial charge in [-0.3, -0.25) is 4.79 Å². The summed E-state index contributed by atoms with van der Waals surface area (Å²) in [6.45, 7) is 2.31. The summed E-state index contributed by atoms with van der Waals surface area (Å²) in [6, 6.07) is 9.51. The fraction of sp³-hybridized carbons (Fsp3) is 0.200. The van der Waals surface area contributed by atoms with Gasteiger partial charge in [-0.05, 0) is 37.6 Å². The lowest BCUT2D eigenvalue weighted by molar-refractivity contribution is 0.0945. The van der Waals surface area contributed by atoms with Crippen molar-refractivity contribution in [1.82, 2.24) is 10.5 Å². The molecule has 0 spiro atoms. The van der Waals surface area contributed by atoms with E-state index in [4.69, 9.17) is 8.94 Å². The Bertz CT molecular complexity index is 728. The molecule has 0 fully saturated rings. The maximum absolute atomic E-state index is 11.8. The largest absolute Gasteiger partial charge is 0.464 e. The number of nitrogens with one attached hydrogen (secondary N) is 1. The second-order valence-corrected chi connectivity index (χ2v) is 5.74. The zero-order chi connectivity index (χ0) is 14.7. The summed E-state index contributed by atoms with van der Waals surface area (Å²) in [5.74, 6) is 1.28. The van der Waals surface area contributed by atoms with Gasteiger partial charge in [-0.1, -0.05) is 5.16 Å². The van der Waals surface area contributed by atoms with E-state index in [9.17, 15) is 4.79 Å². The third-order valence-corrected chi connectivity index (χ3v) is 4.10. The van der Waals surface area contributed by atoms with Gasteiger partial charge in [-0.15, -0.1) is 11.3 Å². The number of aromatic nitrogens is 1. The number of rotatable bonds is 5. The molecule has 6 heteroatoms. The second-order valence-electron chi connectivity index (χ2n) is 4.57. The first-order valence-corrected chi connectivity index (χ1v) is 7.38. The Balaban J connectivity index is 1.53. The van der Waals surface area contributed by atoms with Crippen LogP contribution in [0.4, 0.5) is 0 Å². The van der Waals surface area contributed by atoms with Crippen LogP contribution in [0.2, 0.25) is 0 Å². The predicted molar refractivity (Wildman–Crippen MR) is 79.3 cm³/mol. The molecular formula is C15H14N2O3S. The Kier molecular flexibility index (Phi) is 3.87. The van der Waals surface area contributed by atoms with Crippen molar-refractivity contribution >= 4 is 17.2 Å². The molecule has 0 aromatic carbocycles. The fourth-order valence-corrected chi connectivity index (χ4v) is 2.90. The fourth-order valence-electron chi connectivity index (χ4n) is 1.93. The predicted octanol–water partition coefficient (Wildman–Crippen LogP) is 3.28. The van der Waals surface area contributed by atoms with E-state index in [1.807, 2.05) is 18.2 Å². The van der Waals surface area contributed by atoms with Crippen LogP contribution in [0, 0.1) is 6.92 Å². The molecule has 0 saturated heterocycles. The van der Waals surface area contributed by atoms with Crippen molar-refractivity contribution in [2.24, 2.45) is 0 Å². The van der Waals surface area contributed by atoms with Gasteiger partial charge < -0.3 is 14.3 Å². The van der Waals surface area contributed by atoms with Crippen LogP contribution in [0.3, 0.4) is 0 Å². The number of amides is 1. The molecule has 3 aromatic heterocycles. The number of hydrogen-bond acceptors (Lipinski definition) is 5. The third kappa shape index (κ3) is 3.22. The highest BCUT2D eigenvalue weighted by molar-refractivity contribution is 7.15. The SMILES string of the molecule is Cc1cc(C(=O)NCCc2ccc(-c3ccco3)s2)no1. The molecule has 3 aromatic rings. The first-order chi connectivity index (χ1) is 10.2. The molecule has 0 unspecified atom stereocenters. The topological polar surface area (TPSA) is 68.3 Å². The minimum absolute atomic E-state index is 0.213. The van der Waals surface area contributed by atoms with E-state index in [2.05, 4.69) is 16.5 Å². The number of carbonyl (C=O) groups is 1. The van der Waals surface area contributed by atoms with Gasteiger partial charge in [0.15, 0.2) is 5.69 Å². The molecule has 1 amide bonds. The number of hydrogen-bond donors (Lipinski definition) is 1. The normalized spacial score (nSPS) is 10.7. The molecule has 3 rings (SSSR count). The maximum atomic E-state index is 11.8. The van der Waals surface area contributed by atoms with Crippen LogP contribution in [0.1, 0.15) is 21.1 Å². The monoisotopic (exact) mass is 302 g/mol. The Morgan fingerprint density at radius 2 is 2.29 bits per heavy atom. The van der Waals surface area contributed by atoms with Crippen molar-refractivity contribution in [3.8, 4) is 10.6 Å². The second kappa shape index (κ2) is 5.97. The van der Waals surface area contributed by atoms with Gasteiger partial charge in [0.25, 0.3) is 5.91 Å². The van der Waals surface area contributed by atoms with Crippen molar-refractivity contribution in [3.05, 3.63) is 52.9 Å². The Labute approximate surface area is 125 Å². The highest BCUT2D eigenvalue weighted by atomic mass is 32.1. The summed E-state index contributed by atoms with van der Waals surface area (Å²) in [5.41, 5.74) is 0.315. The van der Waals surface area contributed by atoms with E-state index in [-0.39, 0.29) is 5.91 Å². The summed E-state index contributed by atoms with van der Waals surface area (Å²) < 4.78 is 10.2. The quantitative estimate of drug-likeness (QED) is 0.785. The van der Waals surface area contributed by atoms with Crippen LogP contribution in [-0.4, -0.2) is 17.6 Å². The molecule has 0 aliphatic carbocycles. The number of aryl methyl sites for hydroxylation is 1. The van der Waals surface area contributed by atoms with Gasteiger partial charge in [-0.2, -0.15) is 0 Å². The number of carbonyl (C=O) groups excluding carboxylic acids is 1. The van der Waals surface area contributed by atoms with Crippen molar-refractivity contribution in [2.75, 3.05) is 6.54 Å². The molecule has 0 atom stereocenters. The zero-order valence-electron chi connectivity index (χ0n) is 11.5. The number of thiophene rings is 1. The third-order valence-electron chi connectivity index (χ3n) is 2.94. The molecule has 21 heavy (non-hydrogen) atoms. The van der Waals surface area contributed by atoms with Crippen LogP contribution >= 0.6 is 11.3 Å². The summed E-state index contributed by atoms with van der Waals surface area (Å²) >= 11 is 1.66. The van der Waals surface area contributed by atoms with E-state index in [0.717, 1.165) is 17.1 Å². The smallest absolute Gasteiger partial charge is 0.273 e. The van der Waals surface area contributed by atoms with Crippen LogP contribution < -0.4 is 5.32 Å². The standard InChI is InChI=1S/C15H14N2O3S/c1-10-9-12(17-20-10)15(18)16-7-6-11-4-5-14(21-11)13-3-2-8-19-13/h2-5,8-9H,6-7H2,1H3,(H,16,18). The lowest BCUT2D eigenvalue weighted by Gasteiger charge is -2.00. The van der Waals surface area contributed by atoms with Gasteiger partial charge in [0.05, 0.1) is 11.1 Å². The summed E-state index contributed by atoms with van der Waals surface area (Å²) in [7, 11) is 0. The van der Waals surface area contributed by atoms with Gasteiger partial charge >= 0.3 is 0 Å². The van der Waals surface area contributed by atoms with Gasteiger partial charge in [0, 0.05) is 17.5 Å².